The quantitative estimate of drug-likeness (QED) is 0.0724. The van der Waals surface area contributed by atoms with E-state index in [4.69, 9.17) is 15.3 Å². The van der Waals surface area contributed by atoms with Crippen molar-refractivity contribution >= 4 is 76.7 Å². The summed E-state index contributed by atoms with van der Waals surface area (Å²) < 4.78 is 5.05. The summed E-state index contributed by atoms with van der Waals surface area (Å²) in [7, 11) is 2.82. The number of hydrogen-bond acceptors (Lipinski definition) is 15. The maximum absolute atomic E-state index is 13.2. The van der Waals surface area contributed by atoms with Gasteiger partial charge in [-0.1, -0.05) is 11.8 Å². The number of nitrogens with zero attached hydrogens (tertiary/aromatic N) is 6. The smallest absolute Gasteiger partial charge is 0.862 e. The number of fused-ring (bicyclic) bond motifs is 1. The van der Waals surface area contributed by atoms with Gasteiger partial charge in [0.15, 0.2) is 0 Å². The first kappa shape index (κ1) is 33.7. The Balaban J connectivity index is 0.00000253. The van der Waals surface area contributed by atoms with E-state index >= 15 is 0 Å². The van der Waals surface area contributed by atoms with Gasteiger partial charge in [0.25, 0.3) is 11.6 Å². The third kappa shape index (κ3) is 6.07. The topological polar surface area (TPSA) is 230 Å². The van der Waals surface area contributed by atoms with E-state index in [0.29, 0.717) is 10.7 Å². The average Bonchev–Trinajstić information content (AvgIpc) is 3.20. The largest absolute Gasteiger partial charge is 1.00 e. The van der Waals surface area contributed by atoms with Crippen molar-refractivity contribution in [3.63, 3.8) is 0 Å². The van der Waals surface area contributed by atoms with Crippen molar-refractivity contribution < 1.29 is 98.7 Å². The molecule has 2 fully saturated rings. The van der Waals surface area contributed by atoms with Crippen LogP contribution in [0.4, 0.5) is 0 Å². The second-order valence-corrected chi connectivity index (χ2v) is 12.6. The number of aliphatic carboxylic acids is 2. The number of carbonyl (C=O) groups excluding carboxylic acids is 1. The normalized spacial score (nSPS) is 27.2. The standard InChI is InChI=1S/C17H19N7O8S4.2Na/c1-23-16(20-21-22-23)34-4-5-3-33-15-17(32-2,14(31)24(15)7(5)11(29)30)19-9(26)13-35-12(36-13)6(8(18)25)10(27)28;;/h6,12-13,15H,3-4H2,1-2H3,(H2,18,25)(H,19,26)(H,27,28)(H,29,30);;/q;2*+1/p-2/t6?,12?,13?,15-,17+;;/m1../s1. The SMILES string of the molecule is CO[C@@]1(N=C([O-])C2SC(C(C(=N)[O-])C(=O)O)S2)C(=O)N2C(C(=O)O)=C(CSc3nnnn3C)CS[C@@H]21.[Na+].[Na+]. The number of methoxy groups -OCH3 is 1. The van der Waals surface area contributed by atoms with Crippen LogP contribution in [-0.4, -0.2) is 104 Å². The molecule has 0 bridgehead atoms. The number of ether oxygens (including phenoxy) is 1. The van der Waals surface area contributed by atoms with Gasteiger partial charge in [-0.2, -0.15) is 0 Å². The minimum absolute atomic E-state index is 0. The van der Waals surface area contributed by atoms with Gasteiger partial charge in [-0.05, 0) is 27.8 Å². The fraction of sp³-hybridized carbons (Fsp3) is 0.529. The maximum Gasteiger partial charge on any atom is 1.00 e. The zero-order valence-corrected chi connectivity index (χ0v) is 27.6. The second kappa shape index (κ2) is 13.5. The van der Waals surface area contributed by atoms with E-state index in [0.717, 1.165) is 28.4 Å². The zero-order chi connectivity index (χ0) is 26.4. The number of rotatable bonds is 10. The molecular weight excluding hydrogens is 604 g/mol. The predicted octanol–water partition coefficient (Wildman–Crippen LogP) is -8.16. The van der Waals surface area contributed by atoms with Crippen molar-refractivity contribution in [1.82, 2.24) is 25.1 Å². The van der Waals surface area contributed by atoms with Crippen molar-refractivity contribution in [2.45, 2.75) is 25.4 Å². The second-order valence-electron chi connectivity index (χ2n) is 7.47. The Labute approximate surface area is 276 Å². The molecule has 1 aromatic heterocycles. The Hall–Kier alpha value is -0.480. The maximum atomic E-state index is 13.2. The molecule has 0 aliphatic carbocycles. The molecule has 0 saturated carbocycles. The van der Waals surface area contributed by atoms with Crippen LogP contribution >= 0.6 is 47.0 Å². The summed E-state index contributed by atoms with van der Waals surface area (Å²) in [5.41, 5.74) is -1.68. The van der Waals surface area contributed by atoms with Crippen molar-refractivity contribution in [3.8, 4) is 0 Å². The molecule has 4 rings (SSSR count). The van der Waals surface area contributed by atoms with Crippen molar-refractivity contribution in [2.24, 2.45) is 18.0 Å². The number of aryl methyl sites for hydroxylation is 1. The summed E-state index contributed by atoms with van der Waals surface area (Å²) >= 11 is 4.12. The first-order valence-electron chi connectivity index (χ1n) is 9.88. The summed E-state index contributed by atoms with van der Waals surface area (Å²) in [6, 6.07) is 0. The number of aliphatic imine (C=N–C) groups is 1. The molecule has 0 aromatic carbocycles. The molecule has 4 heterocycles. The van der Waals surface area contributed by atoms with Crippen LogP contribution in [0.2, 0.25) is 0 Å². The Morgan fingerprint density at radius 3 is 2.50 bits per heavy atom. The number of thioether (sulfide) groups is 4. The molecule has 1 unspecified atom stereocenters. The van der Waals surface area contributed by atoms with Gasteiger partial charge in [0.1, 0.15) is 17.0 Å². The van der Waals surface area contributed by atoms with Gasteiger partial charge < -0.3 is 30.6 Å². The molecule has 0 radical (unpaired) electrons. The van der Waals surface area contributed by atoms with E-state index < -0.39 is 55.8 Å². The molecule has 21 heteroatoms. The van der Waals surface area contributed by atoms with Gasteiger partial charge >= 0.3 is 71.1 Å². The molecule has 2 saturated heterocycles. The van der Waals surface area contributed by atoms with Gasteiger partial charge in [0, 0.05) is 25.7 Å². The van der Waals surface area contributed by atoms with E-state index in [1.807, 2.05) is 0 Å². The third-order valence-corrected chi connectivity index (χ3v) is 11.1. The van der Waals surface area contributed by atoms with E-state index in [-0.39, 0.29) is 76.3 Å². The van der Waals surface area contributed by atoms with Crippen LogP contribution in [0.25, 0.3) is 0 Å². The first-order valence-corrected chi connectivity index (χ1v) is 13.8. The molecule has 194 valence electrons. The number of aromatic nitrogens is 4. The molecule has 1 aromatic rings. The predicted molar refractivity (Wildman–Crippen MR) is 126 cm³/mol. The summed E-state index contributed by atoms with van der Waals surface area (Å²) in [6.07, 6.45) is 0. The Kier molecular flexibility index (Phi) is 11.9. The molecule has 38 heavy (non-hydrogen) atoms. The van der Waals surface area contributed by atoms with Gasteiger partial charge in [-0.15, -0.1) is 40.4 Å². The Bertz CT molecular complexity index is 1180. The fourth-order valence-corrected chi connectivity index (χ4v) is 8.71. The molecule has 3 aliphatic heterocycles. The summed E-state index contributed by atoms with van der Waals surface area (Å²) in [5.74, 6) is -6.78. The van der Waals surface area contributed by atoms with Gasteiger partial charge in [-0.3, -0.25) is 19.5 Å². The van der Waals surface area contributed by atoms with Crippen LogP contribution in [0.3, 0.4) is 0 Å². The molecule has 1 amide bonds. The number of hydrogen-bond donors (Lipinski definition) is 3. The molecule has 3 atom stereocenters. The summed E-state index contributed by atoms with van der Waals surface area (Å²) in [4.78, 5) is 41.5. The number of carboxylic acid groups (broad SMARTS) is 2. The van der Waals surface area contributed by atoms with Crippen molar-refractivity contribution in [1.29, 1.82) is 5.41 Å². The van der Waals surface area contributed by atoms with Crippen LogP contribution in [0.1, 0.15) is 0 Å². The first-order chi connectivity index (χ1) is 17.0. The fourth-order valence-electron chi connectivity index (χ4n) is 3.61. The molecule has 0 spiro atoms. The molecule has 3 N–H and O–H groups in total. The van der Waals surface area contributed by atoms with Gasteiger partial charge in [-0.25, -0.2) is 9.48 Å². The van der Waals surface area contributed by atoms with Crippen LogP contribution in [0.5, 0.6) is 0 Å². The molecule has 3 aliphatic rings. The monoisotopic (exact) mass is 621 g/mol. The minimum Gasteiger partial charge on any atom is -0.862 e. The third-order valence-electron chi connectivity index (χ3n) is 5.37. The minimum atomic E-state index is -1.93. The Morgan fingerprint density at radius 1 is 1.34 bits per heavy atom. The van der Waals surface area contributed by atoms with Crippen LogP contribution in [-0.2, 0) is 26.2 Å². The van der Waals surface area contributed by atoms with E-state index in [1.54, 1.807) is 7.05 Å². The van der Waals surface area contributed by atoms with Crippen LogP contribution in [0.15, 0.2) is 21.4 Å². The van der Waals surface area contributed by atoms with E-state index in [9.17, 15) is 29.7 Å². The zero-order valence-electron chi connectivity index (χ0n) is 20.4. The molecular formula is C17H17N7Na2O8S4. The van der Waals surface area contributed by atoms with E-state index in [2.05, 4.69) is 20.5 Å². The van der Waals surface area contributed by atoms with Gasteiger partial charge in [0.05, 0.1) is 9.16 Å². The number of nitrogens with one attached hydrogen (secondary N) is 1. The van der Waals surface area contributed by atoms with Crippen LogP contribution < -0.4 is 69.3 Å². The van der Waals surface area contributed by atoms with Gasteiger partial charge in [0.2, 0.25) is 5.16 Å². The van der Waals surface area contributed by atoms with Crippen molar-refractivity contribution in [3.05, 3.63) is 11.3 Å². The number of tetrazole rings is 1. The average molecular weight is 622 g/mol. The molecule has 15 nitrogen and oxygen atoms in total. The summed E-state index contributed by atoms with van der Waals surface area (Å²) in [5, 5.41) is 60.8. The summed E-state index contributed by atoms with van der Waals surface area (Å²) in [6.45, 7) is 0. The number of β-lactam (4-membered cyclic amide) rings is 1. The van der Waals surface area contributed by atoms with E-state index in [1.165, 1.54) is 35.3 Å². The number of carboxylic acids is 2. The number of amides is 1. The number of carbonyl (C=O) groups is 3. The Morgan fingerprint density at radius 2 is 2.00 bits per heavy atom. The van der Waals surface area contributed by atoms with Crippen molar-refractivity contribution in [2.75, 3.05) is 18.6 Å². The van der Waals surface area contributed by atoms with Crippen LogP contribution in [0, 0.1) is 11.3 Å².